The lowest BCUT2D eigenvalue weighted by atomic mass is 9.75. The fourth-order valence-corrected chi connectivity index (χ4v) is 3.29. The molecule has 1 N–H and O–H groups in total. The van der Waals surface area contributed by atoms with Gasteiger partial charge in [-0.05, 0) is 48.8 Å². The molecule has 2 rings (SSSR count). The van der Waals surface area contributed by atoms with Crippen LogP contribution >= 0.6 is 15.9 Å². The number of hydrogen-bond donors (Lipinski definition) is 1. The van der Waals surface area contributed by atoms with Gasteiger partial charge in [-0.15, -0.1) is 0 Å². The highest BCUT2D eigenvalue weighted by Gasteiger charge is 2.31. The van der Waals surface area contributed by atoms with Crippen molar-refractivity contribution in [1.82, 2.24) is 5.32 Å². The second kappa shape index (κ2) is 6.21. The fourth-order valence-electron chi connectivity index (χ4n) is 2.87. The van der Waals surface area contributed by atoms with Crippen LogP contribution in [0.2, 0.25) is 0 Å². The third-order valence-corrected chi connectivity index (χ3v) is 4.65. The largest absolute Gasteiger partial charge is 0.311 e. The smallest absolute Gasteiger partial charge is 0.0178 e. The molecule has 1 fully saturated rings. The summed E-state index contributed by atoms with van der Waals surface area (Å²) in [6.07, 6.45) is 3.81. The standard InChI is InChI=1S/C16H24BrN/c1-4-16(11(2)3)18-15-9-13(10-15)12-6-5-7-14(17)8-12/h5-8,11,13,15-16,18H,4,9-10H2,1-3H3. The Labute approximate surface area is 119 Å². The molecule has 1 saturated carbocycles. The lowest BCUT2D eigenvalue weighted by molar-refractivity contribution is 0.237. The van der Waals surface area contributed by atoms with Gasteiger partial charge in [0.2, 0.25) is 0 Å². The number of hydrogen-bond acceptors (Lipinski definition) is 1. The van der Waals surface area contributed by atoms with Gasteiger partial charge in [0.1, 0.15) is 0 Å². The Kier molecular flexibility index (Phi) is 4.85. The topological polar surface area (TPSA) is 12.0 Å². The molecule has 1 aromatic rings. The van der Waals surface area contributed by atoms with Gasteiger partial charge >= 0.3 is 0 Å². The summed E-state index contributed by atoms with van der Waals surface area (Å²) in [5.74, 6) is 1.49. The van der Waals surface area contributed by atoms with Crippen molar-refractivity contribution in [2.24, 2.45) is 5.92 Å². The van der Waals surface area contributed by atoms with Crippen LogP contribution in [0.25, 0.3) is 0 Å². The Bertz CT molecular complexity index is 382. The molecule has 0 saturated heterocycles. The highest BCUT2D eigenvalue weighted by Crippen LogP contribution is 2.38. The van der Waals surface area contributed by atoms with Crippen LogP contribution in [0.1, 0.15) is 51.5 Å². The van der Waals surface area contributed by atoms with E-state index in [0.29, 0.717) is 6.04 Å². The van der Waals surface area contributed by atoms with Gasteiger partial charge in [0.05, 0.1) is 0 Å². The molecular weight excluding hydrogens is 286 g/mol. The van der Waals surface area contributed by atoms with Crippen molar-refractivity contribution in [3.05, 3.63) is 34.3 Å². The Hall–Kier alpha value is -0.340. The van der Waals surface area contributed by atoms with Crippen LogP contribution < -0.4 is 5.32 Å². The molecule has 0 radical (unpaired) electrons. The van der Waals surface area contributed by atoms with Gasteiger partial charge in [-0.25, -0.2) is 0 Å². The van der Waals surface area contributed by atoms with E-state index in [1.807, 2.05) is 0 Å². The zero-order valence-corrected chi connectivity index (χ0v) is 13.2. The van der Waals surface area contributed by atoms with Crippen molar-refractivity contribution in [2.45, 2.75) is 58.0 Å². The molecule has 18 heavy (non-hydrogen) atoms. The molecule has 1 nitrogen and oxygen atoms in total. The zero-order valence-electron chi connectivity index (χ0n) is 11.6. The number of halogens is 1. The Morgan fingerprint density at radius 2 is 2.06 bits per heavy atom. The lowest BCUT2D eigenvalue weighted by Gasteiger charge is -2.39. The molecule has 1 atom stereocenters. The molecule has 0 aliphatic heterocycles. The molecule has 1 aromatic carbocycles. The first-order valence-electron chi connectivity index (χ1n) is 7.11. The van der Waals surface area contributed by atoms with Gasteiger partial charge in [-0.3, -0.25) is 0 Å². The third kappa shape index (κ3) is 3.36. The summed E-state index contributed by atoms with van der Waals surface area (Å²) in [5, 5.41) is 3.81. The highest BCUT2D eigenvalue weighted by atomic mass is 79.9. The normalized spacial score (nSPS) is 24.9. The molecule has 2 heteroatoms. The van der Waals surface area contributed by atoms with Crippen LogP contribution in [0.5, 0.6) is 0 Å². The van der Waals surface area contributed by atoms with Crippen LogP contribution in [0, 0.1) is 5.92 Å². The predicted molar refractivity (Wildman–Crippen MR) is 82.0 cm³/mol. The summed E-state index contributed by atoms with van der Waals surface area (Å²) >= 11 is 3.55. The number of benzene rings is 1. The fraction of sp³-hybridized carbons (Fsp3) is 0.625. The van der Waals surface area contributed by atoms with E-state index in [1.54, 1.807) is 0 Å². The molecule has 100 valence electrons. The van der Waals surface area contributed by atoms with Crippen LogP contribution in [-0.4, -0.2) is 12.1 Å². The van der Waals surface area contributed by atoms with Crippen molar-refractivity contribution in [1.29, 1.82) is 0 Å². The van der Waals surface area contributed by atoms with Crippen molar-refractivity contribution < 1.29 is 0 Å². The van der Waals surface area contributed by atoms with Crippen LogP contribution in [0.15, 0.2) is 28.7 Å². The molecule has 0 spiro atoms. The van der Waals surface area contributed by atoms with E-state index in [4.69, 9.17) is 0 Å². The lowest BCUT2D eigenvalue weighted by Crippen LogP contribution is -2.47. The Morgan fingerprint density at radius 3 is 2.61 bits per heavy atom. The van der Waals surface area contributed by atoms with Crippen molar-refractivity contribution >= 4 is 15.9 Å². The summed E-state index contributed by atoms with van der Waals surface area (Å²) < 4.78 is 1.20. The minimum Gasteiger partial charge on any atom is -0.311 e. The quantitative estimate of drug-likeness (QED) is 0.830. The summed E-state index contributed by atoms with van der Waals surface area (Å²) in [4.78, 5) is 0. The first-order valence-corrected chi connectivity index (χ1v) is 7.91. The summed E-state index contributed by atoms with van der Waals surface area (Å²) in [7, 11) is 0. The monoisotopic (exact) mass is 309 g/mol. The molecule has 0 amide bonds. The average molecular weight is 310 g/mol. The number of nitrogens with one attached hydrogen (secondary N) is 1. The molecule has 0 heterocycles. The molecule has 1 unspecified atom stereocenters. The van der Waals surface area contributed by atoms with Crippen molar-refractivity contribution in [2.75, 3.05) is 0 Å². The van der Waals surface area contributed by atoms with Crippen LogP contribution in [-0.2, 0) is 0 Å². The summed E-state index contributed by atoms with van der Waals surface area (Å²) in [5.41, 5.74) is 1.49. The number of rotatable bonds is 5. The first-order chi connectivity index (χ1) is 8.60. The minimum absolute atomic E-state index is 0.679. The van der Waals surface area contributed by atoms with E-state index in [9.17, 15) is 0 Å². The van der Waals surface area contributed by atoms with E-state index >= 15 is 0 Å². The molecule has 0 aromatic heterocycles. The van der Waals surface area contributed by atoms with Crippen molar-refractivity contribution in [3.63, 3.8) is 0 Å². The highest BCUT2D eigenvalue weighted by molar-refractivity contribution is 9.10. The van der Waals surface area contributed by atoms with Gasteiger partial charge in [-0.1, -0.05) is 48.8 Å². The van der Waals surface area contributed by atoms with Gasteiger partial charge in [0.15, 0.2) is 0 Å². The Morgan fingerprint density at radius 1 is 1.33 bits per heavy atom. The van der Waals surface area contributed by atoms with E-state index in [2.05, 4.69) is 66.3 Å². The minimum atomic E-state index is 0.679. The molecule has 0 bridgehead atoms. The Balaban J connectivity index is 1.83. The van der Waals surface area contributed by atoms with Gasteiger partial charge in [0.25, 0.3) is 0 Å². The van der Waals surface area contributed by atoms with Gasteiger partial charge in [0, 0.05) is 16.6 Å². The SMILES string of the molecule is CCC(NC1CC(c2cccc(Br)c2)C1)C(C)C. The van der Waals surface area contributed by atoms with Crippen molar-refractivity contribution in [3.8, 4) is 0 Å². The van der Waals surface area contributed by atoms with E-state index < -0.39 is 0 Å². The molecular formula is C16H24BrN. The molecule has 1 aliphatic rings. The van der Waals surface area contributed by atoms with Gasteiger partial charge in [-0.2, -0.15) is 0 Å². The summed E-state index contributed by atoms with van der Waals surface area (Å²) in [6, 6.07) is 10.2. The zero-order chi connectivity index (χ0) is 13.1. The van der Waals surface area contributed by atoms with Gasteiger partial charge < -0.3 is 5.32 Å². The van der Waals surface area contributed by atoms with E-state index in [-0.39, 0.29) is 0 Å². The maximum Gasteiger partial charge on any atom is 0.0178 e. The predicted octanol–water partition coefficient (Wildman–Crippen LogP) is 4.72. The third-order valence-electron chi connectivity index (χ3n) is 4.15. The second-order valence-corrected chi connectivity index (χ2v) is 6.76. The maximum atomic E-state index is 3.81. The molecule has 1 aliphatic carbocycles. The van der Waals surface area contributed by atoms with Crippen LogP contribution in [0.3, 0.4) is 0 Å². The van der Waals surface area contributed by atoms with Crippen LogP contribution in [0.4, 0.5) is 0 Å². The summed E-state index contributed by atoms with van der Waals surface area (Å²) in [6.45, 7) is 6.90. The second-order valence-electron chi connectivity index (χ2n) is 5.85. The maximum absolute atomic E-state index is 3.81. The van der Waals surface area contributed by atoms with E-state index in [1.165, 1.54) is 29.3 Å². The van der Waals surface area contributed by atoms with E-state index in [0.717, 1.165) is 17.9 Å². The first kappa shape index (κ1) is 14.1. The average Bonchev–Trinajstić information content (AvgIpc) is 2.27.